The minimum absolute atomic E-state index is 0.381. The molecule has 0 N–H and O–H groups in total. The topological polar surface area (TPSA) is 30.9 Å². The number of hydrogen-bond acceptors (Lipinski definition) is 4. The third-order valence-electron chi connectivity index (χ3n) is 4.14. The average molecular weight is 275 g/mol. The first-order valence-electron chi connectivity index (χ1n) is 7.08. The summed E-state index contributed by atoms with van der Waals surface area (Å²) in [6.07, 6.45) is 4.77. The van der Waals surface area contributed by atoms with Gasteiger partial charge in [0.1, 0.15) is 0 Å². The summed E-state index contributed by atoms with van der Waals surface area (Å²) in [5.41, 5.74) is 0.381. The van der Waals surface area contributed by atoms with Crippen LogP contribution in [0, 0.1) is 0 Å². The van der Waals surface area contributed by atoms with Crippen LogP contribution in [0.5, 0.6) is 0 Å². The van der Waals surface area contributed by atoms with E-state index in [9.17, 15) is 0 Å². The first-order valence-corrected chi connectivity index (χ1v) is 8.88. The van der Waals surface area contributed by atoms with Crippen molar-refractivity contribution in [3.8, 4) is 0 Å². The molecule has 2 atom stereocenters. The van der Waals surface area contributed by atoms with E-state index in [1.165, 1.54) is 32.4 Å². The lowest BCUT2D eigenvalue weighted by atomic mass is 10.1. The van der Waals surface area contributed by atoms with Crippen molar-refractivity contribution in [1.29, 1.82) is 0 Å². The zero-order valence-corrected chi connectivity index (χ0v) is 13.6. The van der Waals surface area contributed by atoms with Crippen LogP contribution in [0.2, 0.25) is 5.54 Å². The van der Waals surface area contributed by atoms with E-state index in [1.807, 2.05) is 0 Å². The Morgan fingerprint density at radius 2 is 1.78 bits per heavy atom. The second kappa shape index (κ2) is 7.60. The van der Waals surface area contributed by atoms with Gasteiger partial charge >= 0.3 is 8.80 Å². The lowest BCUT2D eigenvalue weighted by Gasteiger charge is -2.38. The Morgan fingerprint density at radius 3 is 2.22 bits per heavy atom. The van der Waals surface area contributed by atoms with Crippen LogP contribution in [0.1, 0.15) is 39.5 Å². The fraction of sp³-hybridized carbons (Fsp3) is 1.00. The molecule has 18 heavy (non-hydrogen) atoms. The molecule has 1 heterocycles. The highest BCUT2D eigenvalue weighted by molar-refractivity contribution is 6.62. The first-order chi connectivity index (χ1) is 8.68. The van der Waals surface area contributed by atoms with E-state index in [2.05, 4.69) is 18.7 Å². The van der Waals surface area contributed by atoms with E-state index in [4.69, 9.17) is 13.3 Å². The van der Waals surface area contributed by atoms with Gasteiger partial charge in [-0.1, -0.05) is 13.8 Å². The predicted molar refractivity (Wildman–Crippen MR) is 75.7 cm³/mol. The van der Waals surface area contributed by atoms with Gasteiger partial charge in [-0.15, -0.1) is 0 Å². The Bertz CT molecular complexity index is 228. The molecule has 0 aromatic rings. The van der Waals surface area contributed by atoms with Crippen molar-refractivity contribution in [3.63, 3.8) is 0 Å². The molecule has 108 valence electrons. The molecule has 0 aromatic heterocycles. The van der Waals surface area contributed by atoms with Crippen LogP contribution >= 0.6 is 0 Å². The monoisotopic (exact) mass is 275 g/mol. The summed E-state index contributed by atoms with van der Waals surface area (Å²) in [5, 5.41) is 0. The van der Waals surface area contributed by atoms with E-state index >= 15 is 0 Å². The normalized spacial score (nSPS) is 23.5. The van der Waals surface area contributed by atoms with Gasteiger partial charge in [-0.05, 0) is 38.8 Å². The molecule has 0 radical (unpaired) electrons. The number of hydrogen-bond donors (Lipinski definition) is 0. The van der Waals surface area contributed by atoms with Crippen molar-refractivity contribution < 1.29 is 13.3 Å². The molecule has 0 saturated carbocycles. The molecule has 5 heteroatoms. The van der Waals surface area contributed by atoms with Crippen molar-refractivity contribution in [2.75, 3.05) is 34.4 Å². The van der Waals surface area contributed by atoms with Gasteiger partial charge < -0.3 is 18.2 Å². The van der Waals surface area contributed by atoms with E-state index in [1.54, 1.807) is 21.3 Å². The zero-order valence-electron chi connectivity index (χ0n) is 12.6. The molecule has 0 aliphatic carbocycles. The molecule has 0 bridgehead atoms. The largest absolute Gasteiger partial charge is 0.505 e. The van der Waals surface area contributed by atoms with Gasteiger partial charge in [-0.3, -0.25) is 0 Å². The van der Waals surface area contributed by atoms with Crippen LogP contribution < -0.4 is 0 Å². The van der Waals surface area contributed by atoms with Crippen LogP contribution in [-0.4, -0.2) is 54.2 Å². The SMILES string of the molecule is CCCN1CCCC1C(CC)[Si](OC)(OC)OC. The lowest BCUT2D eigenvalue weighted by molar-refractivity contribution is 0.0912. The highest BCUT2D eigenvalue weighted by Crippen LogP contribution is 2.38. The minimum atomic E-state index is -2.52. The van der Waals surface area contributed by atoms with Gasteiger partial charge in [0.15, 0.2) is 0 Å². The molecule has 1 fully saturated rings. The quantitative estimate of drug-likeness (QED) is 0.637. The Balaban J connectivity index is 2.86. The smallest absolute Gasteiger partial charge is 0.377 e. The molecular formula is C13H29NO3Si. The van der Waals surface area contributed by atoms with Gasteiger partial charge in [0, 0.05) is 32.9 Å². The van der Waals surface area contributed by atoms with Crippen LogP contribution in [-0.2, 0) is 13.3 Å². The van der Waals surface area contributed by atoms with Crippen LogP contribution in [0.4, 0.5) is 0 Å². The maximum absolute atomic E-state index is 5.70. The minimum Gasteiger partial charge on any atom is -0.377 e. The Kier molecular flexibility index (Phi) is 6.80. The Labute approximate surface area is 113 Å². The van der Waals surface area contributed by atoms with Crippen LogP contribution in [0.25, 0.3) is 0 Å². The summed E-state index contributed by atoms with van der Waals surface area (Å²) in [4.78, 5) is 2.59. The standard InChI is InChI=1S/C13H29NO3Si/c1-6-10-14-11-8-9-12(14)13(7-2)18(15-3,16-4)17-5/h12-13H,6-11H2,1-5H3. The molecule has 1 saturated heterocycles. The predicted octanol–water partition coefficient (Wildman–Crippen LogP) is 2.52. The van der Waals surface area contributed by atoms with Gasteiger partial charge in [-0.25, -0.2) is 0 Å². The zero-order chi connectivity index (χ0) is 13.6. The van der Waals surface area contributed by atoms with Crippen molar-refractivity contribution in [2.24, 2.45) is 0 Å². The van der Waals surface area contributed by atoms with Crippen LogP contribution in [0.15, 0.2) is 0 Å². The highest BCUT2D eigenvalue weighted by atomic mass is 28.4. The number of nitrogens with zero attached hydrogens (tertiary/aromatic N) is 1. The third-order valence-corrected chi connectivity index (χ3v) is 7.55. The molecule has 0 amide bonds. The van der Waals surface area contributed by atoms with Gasteiger partial charge in [0.25, 0.3) is 0 Å². The molecule has 0 aromatic carbocycles. The van der Waals surface area contributed by atoms with E-state index in [0.29, 0.717) is 11.6 Å². The van der Waals surface area contributed by atoms with Crippen molar-refractivity contribution in [3.05, 3.63) is 0 Å². The highest BCUT2D eigenvalue weighted by Gasteiger charge is 2.51. The summed E-state index contributed by atoms with van der Waals surface area (Å²) < 4.78 is 17.1. The van der Waals surface area contributed by atoms with Crippen molar-refractivity contribution in [2.45, 2.75) is 51.1 Å². The molecule has 2 unspecified atom stereocenters. The Morgan fingerprint density at radius 1 is 1.17 bits per heavy atom. The first kappa shape index (κ1) is 16.1. The van der Waals surface area contributed by atoms with Crippen molar-refractivity contribution in [1.82, 2.24) is 4.90 Å². The Hall–Kier alpha value is 0.0569. The summed E-state index contributed by atoms with van der Waals surface area (Å²) in [7, 11) is 2.65. The fourth-order valence-corrected chi connectivity index (χ4v) is 6.09. The maximum Gasteiger partial charge on any atom is 0.505 e. The molecule has 0 spiro atoms. The molecular weight excluding hydrogens is 246 g/mol. The van der Waals surface area contributed by atoms with E-state index in [0.717, 1.165) is 6.42 Å². The van der Waals surface area contributed by atoms with E-state index in [-0.39, 0.29) is 0 Å². The van der Waals surface area contributed by atoms with Gasteiger partial charge in [-0.2, -0.15) is 0 Å². The lowest BCUT2D eigenvalue weighted by Crippen LogP contribution is -2.54. The molecule has 1 aliphatic heterocycles. The average Bonchev–Trinajstić information content (AvgIpc) is 2.84. The summed E-state index contributed by atoms with van der Waals surface area (Å²) in [5.74, 6) is 0. The number of likely N-dealkylation sites (tertiary alicyclic amines) is 1. The summed E-state index contributed by atoms with van der Waals surface area (Å²) in [6.45, 7) is 6.83. The van der Waals surface area contributed by atoms with Crippen molar-refractivity contribution >= 4 is 8.80 Å². The van der Waals surface area contributed by atoms with Crippen LogP contribution in [0.3, 0.4) is 0 Å². The number of rotatable bonds is 8. The fourth-order valence-electron chi connectivity index (χ4n) is 3.33. The third kappa shape index (κ3) is 3.14. The molecule has 4 nitrogen and oxygen atoms in total. The summed E-state index contributed by atoms with van der Waals surface area (Å²) in [6, 6.07) is 0.557. The van der Waals surface area contributed by atoms with Gasteiger partial charge in [0.2, 0.25) is 0 Å². The van der Waals surface area contributed by atoms with E-state index < -0.39 is 8.80 Å². The maximum atomic E-state index is 5.70. The second-order valence-corrected chi connectivity index (χ2v) is 8.15. The summed E-state index contributed by atoms with van der Waals surface area (Å²) >= 11 is 0. The van der Waals surface area contributed by atoms with Gasteiger partial charge in [0.05, 0.1) is 0 Å². The second-order valence-electron chi connectivity index (χ2n) is 4.98. The molecule has 1 rings (SSSR count). The molecule has 1 aliphatic rings.